The zero-order valence-electron chi connectivity index (χ0n) is 14.6. The van der Waals surface area contributed by atoms with Gasteiger partial charge in [0.05, 0.1) is 18.6 Å². The van der Waals surface area contributed by atoms with Crippen molar-refractivity contribution in [2.75, 3.05) is 33.8 Å². The summed E-state index contributed by atoms with van der Waals surface area (Å²) in [4.78, 5) is 6.94. The standard InChI is InChI=1S/C17H24N4O2.ClH/c1-17(2,12-7-5-6-8-14(12)22-4)16-19-15(20-23-16)13-11-18-9-10-21(13)3;/h5-8,13,18H,9-11H2,1-4H3;1H. The average Bonchev–Trinajstić information content (AvgIpc) is 3.06. The van der Waals surface area contributed by atoms with Gasteiger partial charge < -0.3 is 14.6 Å². The van der Waals surface area contributed by atoms with E-state index in [0.717, 1.165) is 36.8 Å². The van der Waals surface area contributed by atoms with E-state index in [2.05, 4.69) is 36.3 Å². The smallest absolute Gasteiger partial charge is 0.236 e. The number of nitrogens with zero attached hydrogens (tertiary/aromatic N) is 3. The summed E-state index contributed by atoms with van der Waals surface area (Å²) in [5, 5.41) is 7.61. The number of para-hydroxylation sites is 1. The van der Waals surface area contributed by atoms with E-state index in [0.29, 0.717) is 5.89 Å². The lowest BCUT2D eigenvalue weighted by Gasteiger charge is -2.30. The Balaban J connectivity index is 0.00000208. The van der Waals surface area contributed by atoms with Crippen molar-refractivity contribution in [2.45, 2.75) is 25.3 Å². The van der Waals surface area contributed by atoms with Crippen LogP contribution >= 0.6 is 12.4 Å². The number of likely N-dealkylation sites (N-methyl/N-ethyl adjacent to an activating group) is 1. The topological polar surface area (TPSA) is 63.4 Å². The minimum absolute atomic E-state index is 0. The first-order valence-electron chi connectivity index (χ1n) is 7.92. The molecular weight excluding hydrogens is 328 g/mol. The van der Waals surface area contributed by atoms with Crippen molar-refractivity contribution in [3.63, 3.8) is 0 Å². The lowest BCUT2D eigenvalue weighted by atomic mass is 9.84. The number of hydrogen-bond donors (Lipinski definition) is 1. The van der Waals surface area contributed by atoms with E-state index in [1.54, 1.807) is 7.11 Å². The largest absolute Gasteiger partial charge is 0.496 e. The summed E-state index contributed by atoms with van der Waals surface area (Å²) in [5.41, 5.74) is 0.617. The minimum Gasteiger partial charge on any atom is -0.496 e. The summed E-state index contributed by atoms with van der Waals surface area (Å²) >= 11 is 0. The third kappa shape index (κ3) is 3.41. The molecule has 0 aliphatic carbocycles. The molecule has 132 valence electrons. The number of rotatable bonds is 4. The second-order valence-corrected chi connectivity index (χ2v) is 6.48. The van der Waals surface area contributed by atoms with Crippen LogP contribution in [0.5, 0.6) is 5.75 Å². The van der Waals surface area contributed by atoms with Gasteiger partial charge in [-0.3, -0.25) is 4.90 Å². The van der Waals surface area contributed by atoms with E-state index in [-0.39, 0.29) is 18.4 Å². The summed E-state index contributed by atoms with van der Waals surface area (Å²) in [6.45, 7) is 6.95. The maximum atomic E-state index is 5.61. The molecule has 0 amide bonds. The Morgan fingerprint density at radius 1 is 1.33 bits per heavy atom. The molecule has 0 radical (unpaired) electrons. The molecule has 1 aromatic carbocycles. The Morgan fingerprint density at radius 3 is 2.79 bits per heavy atom. The number of benzene rings is 1. The number of methoxy groups -OCH3 is 1. The molecule has 1 saturated heterocycles. The number of aromatic nitrogens is 2. The van der Waals surface area contributed by atoms with E-state index < -0.39 is 5.41 Å². The molecule has 24 heavy (non-hydrogen) atoms. The fourth-order valence-electron chi connectivity index (χ4n) is 2.99. The molecule has 0 bridgehead atoms. The summed E-state index contributed by atoms with van der Waals surface area (Å²) in [6.07, 6.45) is 0. The van der Waals surface area contributed by atoms with Gasteiger partial charge in [-0.05, 0) is 27.0 Å². The molecular formula is C17H25ClN4O2. The number of nitrogens with one attached hydrogen (secondary N) is 1. The van der Waals surface area contributed by atoms with E-state index in [1.165, 1.54) is 0 Å². The highest BCUT2D eigenvalue weighted by Gasteiger charge is 2.34. The van der Waals surface area contributed by atoms with Gasteiger partial charge in [-0.2, -0.15) is 4.98 Å². The lowest BCUT2D eigenvalue weighted by molar-refractivity contribution is 0.190. The molecule has 2 heterocycles. The van der Waals surface area contributed by atoms with Gasteiger partial charge in [0.1, 0.15) is 5.75 Å². The molecule has 0 spiro atoms. The molecule has 1 N–H and O–H groups in total. The van der Waals surface area contributed by atoms with Crippen LogP contribution in [-0.2, 0) is 5.41 Å². The monoisotopic (exact) mass is 352 g/mol. The van der Waals surface area contributed by atoms with E-state index in [9.17, 15) is 0 Å². The van der Waals surface area contributed by atoms with Crippen molar-refractivity contribution >= 4 is 12.4 Å². The van der Waals surface area contributed by atoms with Gasteiger partial charge in [0.15, 0.2) is 5.82 Å². The minimum atomic E-state index is -0.418. The van der Waals surface area contributed by atoms with Gasteiger partial charge in [0, 0.05) is 25.2 Å². The maximum absolute atomic E-state index is 5.61. The van der Waals surface area contributed by atoms with Gasteiger partial charge in [0.25, 0.3) is 0 Å². The zero-order chi connectivity index (χ0) is 16.4. The molecule has 3 rings (SSSR count). The van der Waals surface area contributed by atoms with E-state index in [1.807, 2.05) is 24.3 Å². The van der Waals surface area contributed by atoms with Crippen LogP contribution in [0, 0.1) is 0 Å². The molecule has 1 aliphatic heterocycles. The van der Waals surface area contributed by atoms with Crippen molar-refractivity contribution in [3.05, 3.63) is 41.5 Å². The lowest BCUT2D eigenvalue weighted by Crippen LogP contribution is -2.44. The van der Waals surface area contributed by atoms with Gasteiger partial charge in [-0.25, -0.2) is 0 Å². The molecule has 1 aliphatic rings. The predicted octanol–water partition coefficient (Wildman–Crippen LogP) is 2.40. The van der Waals surface area contributed by atoms with E-state index in [4.69, 9.17) is 14.2 Å². The molecule has 2 aromatic rings. The highest BCUT2D eigenvalue weighted by atomic mass is 35.5. The molecule has 6 nitrogen and oxygen atoms in total. The molecule has 0 saturated carbocycles. The number of halogens is 1. The third-order valence-electron chi connectivity index (χ3n) is 4.57. The summed E-state index contributed by atoms with van der Waals surface area (Å²) in [6, 6.07) is 8.09. The van der Waals surface area contributed by atoms with Gasteiger partial charge in [-0.1, -0.05) is 23.4 Å². The molecule has 1 aromatic heterocycles. The molecule has 7 heteroatoms. The van der Waals surface area contributed by atoms with Gasteiger partial charge in [-0.15, -0.1) is 12.4 Å². The van der Waals surface area contributed by atoms with Gasteiger partial charge >= 0.3 is 0 Å². The number of piperazine rings is 1. The first-order chi connectivity index (χ1) is 11.0. The van der Waals surface area contributed by atoms with Crippen LogP contribution < -0.4 is 10.1 Å². The Morgan fingerprint density at radius 2 is 2.08 bits per heavy atom. The fourth-order valence-corrected chi connectivity index (χ4v) is 2.99. The normalized spacial score (nSPS) is 18.9. The van der Waals surface area contributed by atoms with Crippen LogP contribution in [-0.4, -0.2) is 48.8 Å². The van der Waals surface area contributed by atoms with Crippen LogP contribution in [0.4, 0.5) is 0 Å². The highest BCUT2D eigenvalue weighted by Crippen LogP contribution is 2.36. The average molecular weight is 353 g/mol. The zero-order valence-corrected chi connectivity index (χ0v) is 15.4. The summed E-state index contributed by atoms with van der Waals surface area (Å²) in [5.74, 6) is 2.17. The summed E-state index contributed by atoms with van der Waals surface area (Å²) in [7, 11) is 3.77. The quantitative estimate of drug-likeness (QED) is 0.911. The highest BCUT2D eigenvalue weighted by molar-refractivity contribution is 5.85. The number of hydrogen-bond acceptors (Lipinski definition) is 6. The van der Waals surface area contributed by atoms with Crippen molar-refractivity contribution in [1.82, 2.24) is 20.4 Å². The number of ether oxygens (including phenoxy) is 1. The van der Waals surface area contributed by atoms with Crippen LogP contribution in [0.3, 0.4) is 0 Å². The van der Waals surface area contributed by atoms with Crippen molar-refractivity contribution < 1.29 is 9.26 Å². The molecule has 1 unspecified atom stereocenters. The molecule has 1 fully saturated rings. The fraction of sp³-hybridized carbons (Fsp3) is 0.529. The van der Waals surface area contributed by atoms with Gasteiger partial charge in [0.2, 0.25) is 5.89 Å². The second kappa shape index (κ2) is 7.51. The SMILES string of the molecule is COc1ccccc1C(C)(C)c1nc(C2CNCCN2C)no1.Cl. The van der Waals surface area contributed by atoms with Crippen molar-refractivity contribution in [3.8, 4) is 5.75 Å². The first kappa shape index (κ1) is 18.7. The Kier molecular flexibility index (Phi) is 5.85. The Hall–Kier alpha value is -1.63. The maximum Gasteiger partial charge on any atom is 0.236 e. The van der Waals surface area contributed by atoms with E-state index >= 15 is 0 Å². The van der Waals surface area contributed by atoms with Crippen LogP contribution in [0.1, 0.15) is 37.2 Å². The summed E-state index contributed by atoms with van der Waals surface area (Å²) < 4.78 is 11.1. The first-order valence-corrected chi connectivity index (χ1v) is 7.92. The van der Waals surface area contributed by atoms with Crippen LogP contribution in [0.2, 0.25) is 0 Å². The van der Waals surface area contributed by atoms with Crippen LogP contribution in [0.15, 0.2) is 28.8 Å². The third-order valence-corrected chi connectivity index (χ3v) is 4.57. The van der Waals surface area contributed by atoms with Crippen molar-refractivity contribution in [1.29, 1.82) is 0 Å². The Bertz CT molecular complexity index is 674. The second-order valence-electron chi connectivity index (χ2n) is 6.48. The molecule has 1 atom stereocenters. The van der Waals surface area contributed by atoms with Crippen LogP contribution in [0.25, 0.3) is 0 Å². The Labute approximate surface area is 149 Å². The van der Waals surface area contributed by atoms with Crippen molar-refractivity contribution in [2.24, 2.45) is 0 Å². The predicted molar refractivity (Wildman–Crippen MR) is 94.9 cm³/mol.